The van der Waals surface area contributed by atoms with Gasteiger partial charge in [0, 0.05) is 0 Å². The third-order valence-corrected chi connectivity index (χ3v) is 0.177. The first-order valence-electron chi connectivity index (χ1n) is 1.81. The van der Waals surface area contributed by atoms with Crippen molar-refractivity contribution in [2.45, 2.75) is 13.3 Å². The molecule has 0 radical (unpaired) electrons. The quantitative estimate of drug-likeness (QED) is 0.436. The van der Waals surface area contributed by atoms with E-state index in [2.05, 4.69) is 0 Å². The van der Waals surface area contributed by atoms with Gasteiger partial charge in [0.05, 0.1) is 1.37 Å². The largest absolute Gasteiger partial charge is 0.313 e. The Balaban J connectivity index is 2.85. The summed E-state index contributed by atoms with van der Waals surface area (Å²) in [5.74, 6) is 0. The molecule has 1 N–H and O–H groups in total. The second kappa shape index (κ2) is 2.67. The number of rotatable bonds is 1. The van der Waals surface area contributed by atoms with E-state index in [0.717, 1.165) is 0 Å². The molecule has 0 aliphatic heterocycles. The van der Waals surface area contributed by atoms with Crippen LogP contribution in [0.5, 0.6) is 0 Å². The molecule has 0 amide bonds. The molecule has 0 saturated carbocycles. The van der Waals surface area contributed by atoms with Crippen LogP contribution < -0.4 is 0 Å². The minimum Gasteiger partial charge on any atom is -0.313 e. The molecule has 0 heterocycles. The normalized spacial score (nSPS) is 9.75. The van der Waals surface area contributed by atoms with Crippen LogP contribution in [0.2, 0.25) is 0 Å². The number of hydrogen-bond acceptors (Lipinski definition) is 1. The lowest BCUT2D eigenvalue weighted by Crippen LogP contribution is -1.52. The van der Waals surface area contributed by atoms with Crippen molar-refractivity contribution in [3.8, 4) is 0 Å². The highest BCUT2D eigenvalue weighted by Gasteiger charge is 1.47. The maximum atomic E-state index is 6.41. The summed E-state index contributed by atoms with van der Waals surface area (Å²) in [4.78, 5) is 0. The lowest BCUT2D eigenvalue weighted by molar-refractivity contribution is 1.30. The predicted octanol–water partition coefficient (Wildman–Crippen LogP) is 1.05. The van der Waals surface area contributed by atoms with Crippen molar-refractivity contribution >= 4 is 6.19 Å². The molecule has 0 aromatic carbocycles. The summed E-state index contributed by atoms with van der Waals surface area (Å²) < 4.78 is 6.41. The monoisotopic (exact) mass is 59.1 g/mol. The minimum atomic E-state index is 0.00463. The van der Waals surface area contributed by atoms with Crippen LogP contribution in [0.1, 0.15) is 14.7 Å². The highest BCUT2D eigenvalue weighted by Crippen LogP contribution is 1.54. The maximum absolute atomic E-state index is 6.41. The molecule has 1 nitrogen and oxygen atoms in total. The van der Waals surface area contributed by atoms with Gasteiger partial charge in [-0.25, -0.2) is 0 Å². The molecule has 0 aromatic rings. The Morgan fingerprint density at radius 3 is 2.75 bits per heavy atom. The third kappa shape index (κ3) is 1.67. The minimum absolute atomic E-state index is 0.00463. The second-order valence-corrected chi connectivity index (χ2v) is 0.530. The maximum Gasteiger partial charge on any atom is 0.0784 e. The summed E-state index contributed by atoms with van der Waals surface area (Å²) in [5.41, 5.74) is 0. The van der Waals surface area contributed by atoms with Crippen LogP contribution >= 0.6 is 0 Å². The van der Waals surface area contributed by atoms with Gasteiger partial charge in [0.25, 0.3) is 0 Å². The van der Waals surface area contributed by atoms with E-state index < -0.39 is 0 Å². The van der Waals surface area contributed by atoms with Gasteiger partial charge >= 0.3 is 0 Å². The first kappa shape index (κ1) is 1.94. The number of nitrogens with one attached hydrogen (secondary N) is 1. The van der Waals surface area contributed by atoms with Gasteiger partial charge in [-0.2, -0.15) is 0 Å². The SMILES string of the molecule is [3H]C(=N)CC. The summed E-state index contributed by atoms with van der Waals surface area (Å²) in [6, 6.07) is 0. The fourth-order valence-electron chi connectivity index (χ4n) is 0. The molecule has 0 fully saturated rings. The lowest BCUT2D eigenvalue weighted by Gasteiger charge is -1.56. The summed E-state index contributed by atoms with van der Waals surface area (Å²) in [7, 11) is 0. The van der Waals surface area contributed by atoms with Crippen LogP contribution in [0, 0.1) is 5.41 Å². The average Bonchev–Trinajstić information content (AvgIpc) is 1.38. The van der Waals surface area contributed by atoms with Gasteiger partial charge in [-0.05, 0) is 12.6 Å². The average molecular weight is 59.1 g/mol. The fraction of sp³-hybridized carbons (Fsp3) is 0.667. The molecule has 0 aliphatic carbocycles. The highest BCUT2D eigenvalue weighted by atomic mass is 14.3. The molecule has 0 saturated heterocycles. The lowest BCUT2D eigenvalue weighted by atomic mass is 10.6. The molecular formula is C3H7N. The molecule has 0 rings (SSSR count). The van der Waals surface area contributed by atoms with Gasteiger partial charge in [-0.1, -0.05) is 6.92 Å². The van der Waals surface area contributed by atoms with E-state index in [4.69, 9.17) is 6.78 Å². The Morgan fingerprint density at radius 1 is 2.50 bits per heavy atom. The smallest absolute Gasteiger partial charge is 0.0784 e. The fourth-order valence-corrected chi connectivity index (χ4v) is 0. The molecule has 0 unspecified atom stereocenters. The van der Waals surface area contributed by atoms with E-state index in [0.29, 0.717) is 6.42 Å². The highest BCUT2D eigenvalue weighted by molar-refractivity contribution is 5.51. The Labute approximate surface area is 27.6 Å². The van der Waals surface area contributed by atoms with E-state index in [9.17, 15) is 0 Å². The summed E-state index contributed by atoms with van der Waals surface area (Å²) in [6.45, 7) is 1.79. The van der Waals surface area contributed by atoms with Crippen molar-refractivity contribution in [3.05, 3.63) is 0 Å². The van der Waals surface area contributed by atoms with Crippen molar-refractivity contribution in [1.82, 2.24) is 0 Å². The van der Waals surface area contributed by atoms with E-state index in [-0.39, 0.29) is 6.19 Å². The van der Waals surface area contributed by atoms with Gasteiger partial charge in [0.15, 0.2) is 0 Å². The Morgan fingerprint density at radius 2 is 2.75 bits per heavy atom. The molecule has 0 aromatic heterocycles. The summed E-state index contributed by atoms with van der Waals surface area (Å²) in [6.07, 6.45) is 0.560. The van der Waals surface area contributed by atoms with Crippen molar-refractivity contribution < 1.29 is 1.37 Å². The van der Waals surface area contributed by atoms with Crippen molar-refractivity contribution in [3.63, 3.8) is 0 Å². The van der Waals surface area contributed by atoms with Crippen molar-refractivity contribution in [1.29, 1.82) is 5.41 Å². The van der Waals surface area contributed by atoms with E-state index in [1.54, 1.807) is 6.92 Å². The first-order chi connectivity index (χ1) is 2.27. The van der Waals surface area contributed by atoms with Crippen LogP contribution in [0.3, 0.4) is 0 Å². The van der Waals surface area contributed by atoms with Gasteiger partial charge in [-0.3, -0.25) is 0 Å². The van der Waals surface area contributed by atoms with Crippen molar-refractivity contribution in [2.24, 2.45) is 0 Å². The topological polar surface area (TPSA) is 23.9 Å². The Hall–Kier alpha value is -0.330. The van der Waals surface area contributed by atoms with Crippen LogP contribution in [-0.2, 0) is 0 Å². The summed E-state index contributed by atoms with van der Waals surface area (Å²) in [5, 5.41) is 6.41. The van der Waals surface area contributed by atoms with Gasteiger partial charge in [0.2, 0.25) is 0 Å². The van der Waals surface area contributed by atoms with Crippen molar-refractivity contribution in [2.75, 3.05) is 0 Å². The van der Waals surface area contributed by atoms with Crippen LogP contribution in [0.25, 0.3) is 0 Å². The van der Waals surface area contributed by atoms with E-state index in [1.165, 1.54) is 0 Å². The van der Waals surface area contributed by atoms with E-state index in [1.807, 2.05) is 0 Å². The molecule has 4 heavy (non-hydrogen) atoms. The molecule has 24 valence electrons. The zero-order valence-corrected chi connectivity index (χ0v) is 2.71. The van der Waals surface area contributed by atoms with Gasteiger partial charge in [-0.15, -0.1) is 0 Å². The first-order valence-corrected chi connectivity index (χ1v) is 1.31. The molecule has 0 bridgehead atoms. The van der Waals surface area contributed by atoms with Crippen LogP contribution in [-0.4, -0.2) is 6.19 Å². The van der Waals surface area contributed by atoms with Gasteiger partial charge < -0.3 is 5.41 Å². The number of hydrogen-bond donors (Lipinski definition) is 1. The van der Waals surface area contributed by atoms with E-state index >= 15 is 0 Å². The zero-order chi connectivity index (χ0) is 4.28. The molecule has 1 heteroatoms. The predicted molar refractivity (Wildman–Crippen MR) is 19.1 cm³/mol. The standard InChI is InChI=1S/C3H7N/c1-2-3-4/h3-4H,2H2,1H3/i3T. The molecule has 0 atom stereocenters. The Kier molecular flexibility index (Phi) is 1.30. The zero-order valence-electron chi connectivity index (χ0n) is 3.71. The van der Waals surface area contributed by atoms with Crippen LogP contribution in [0.15, 0.2) is 0 Å². The summed E-state index contributed by atoms with van der Waals surface area (Å²) >= 11 is 0. The Bertz CT molecular complexity index is 42.2. The molecular weight excluding hydrogens is 50.0 g/mol. The van der Waals surface area contributed by atoms with Crippen LogP contribution in [0.4, 0.5) is 0 Å². The van der Waals surface area contributed by atoms with Gasteiger partial charge in [0.1, 0.15) is 0 Å². The molecule has 0 spiro atoms. The molecule has 0 aliphatic rings. The second-order valence-electron chi connectivity index (χ2n) is 0.530. The third-order valence-electron chi connectivity index (χ3n) is 0.177.